The molecule has 0 atom stereocenters. The molecule has 0 saturated heterocycles. The molecule has 0 amide bonds. The van der Waals surface area contributed by atoms with Crippen LogP contribution in [0.15, 0.2) is 35.7 Å². The van der Waals surface area contributed by atoms with Gasteiger partial charge in [-0.05, 0) is 31.0 Å². The van der Waals surface area contributed by atoms with E-state index in [9.17, 15) is 18.3 Å². The number of rotatable bonds is 6. The summed E-state index contributed by atoms with van der Waals surface area (Å²) in [5.74, 6) is -0.113. The average Bonchev–Trinajstić information content (AvgIpc) is 2.89. The molecule has 7 nitrogen and oxygen atoms in total. The van der Waals surface area contributed by atoms with E-state index in [1.807, 2.05) is 13.8 Å². The second-order valence-electron chi connectivity index (χ2n) is 5.69. The van der Waals surface area contributed by atoms with Gasteiger partial charge in [-0.2, -0.15) is 8.42 Å². The van der Waals surface area contributed by atoms with Crippen LogP contribution in [0.3, 0.4) is 0 Å². The first-order valence-electron chi connectivity index (χ1n) is 7.07. The fourth-order valence-electron chi connectivity index (χ4n) is 2.11. The van der Waals surface area contributed by atoms with Gasteiger partial charge in [0, 0.05) is 18.3 Å². The zero-order valence-corrected chi connectivity index (χ0v) is 14.0. The molecule has 0 unspecified atom stereocenters. The largest absolute Gasteiger partial charge is 0.508 e. The van der Waals surface area contributed by atoms with Crippen molar-refractivity contribution in [2.75, 3.05) is 4.72 Å². The standard InChI is InChI=1S/C15H19N3O4S/c1-10(2)7-18-8-15(16-9-18)23(21,22)17-14-5-4-12(20)6-13(14)11(3)19/h4-6,8-10,17,20H,7H2,1-3H3. The number of carbonyl (C=O) groups is 1. The molecule has 23 heavy (non-hydrogen) atoms. The molecule has 0 aliphatic heterocycles. The number of sulfonamides is 1. The van der Waals surface area contributed by atoms with Gasteiger partial charge < -0.3 is 9.67 Å². The lowest BCUT2D eigenvalue weighted by Gasteiger charge is -2.10. The maximum Gasteiger partial charge on any atom is 0.280 e. The van der Waals surface area contributed by atoms with E-state index in [1.165, 1.54) is 37.6 Å². The van der Waals surface area contributed by atoms with Crippen molar-refractivity contribution in [3.63, 3.8) is 0 Å². The molecule has 0 saturated carbocycles. The third kappa shape index (κ3) is 4.10. The number of hydrogen-bond donors (Lipinski definition) is 2. The number of imidazole rings is 1. The second-order valence-corrected chi connectivity index (χ2v) is 7.32. The molecular weight excluding hydrogens is 318 g/mol. The molecule has 0 radical (unpaired) electrons. The molecule has 1 heterocycles. The Morgan fingerprint density at radius 2 is 2.09 bits per heavy atom. The maximum absolute atomic E-state index is 12.4. The highest BCUT2D eigenvalue weighted by Gasteiger charge is 2.20. The zero-order valence-electron chi connectivity index (χ0n) is 13.1. The van der Waals surface area contributed by atoms with E-state index in [2.05, 4.69) is 9.71 Å². The minimum atomic E-state index is -3.91. The molecule has 0 fully saturated rings. The minimum absolute atomic E-state index is 0.0928. The van der Waals surface area contributed by atoms with E-state index in [4.69, 9.17) is 0 Å². The summed E-state index contributed by atoms with van der Waals surface area (Å²) in [5.41, 5.74) is 0.198. The Morgan fingerprint density at radius 3 is 2.70 bits per heavy atom. The Balaban J connectivity index is 2.32. The van der Waals surface area contributed by atoms with Crippen LogP contribution in [0, 0.1) is 5.92 Å². The Bertz CT molecular complexity index is 825. The topological polar surface area (TPSA) is 101 Å². The summed E-state index contributed by atoms with van der Waals surface area (Å²) >= 11 is 0. The van der Waals surface area contributed by atoms with E-state index in [1.54, 1.807) is 4.57 Å². The van der Waals surface area contributed by atoms with Crippen LogP contribution in [0.4, 0.5) is 5.69 Å². The van der Waals surface area contributed by atoms with Crippen molar-refractivity contribution in [2.24, 2.45) is 5.92 Å². The van der Waals surface area contributed by atoms with Gasteiger partial charge in [-0.15, -0.1) is 0 Å². The van der Waals surface area contributed by atoms with Gasteiger partial charge >= 0.3 is 0 Å². The number of nitrogens with zero attached hydrogens (tertiary/aromatic N) is 2. The first-order chi connectivity index (χ1) is 10.7. The molecule has 0 aliphatic carbocycles. The lowest BCUT2D eigenvalue weighted by molar-refractivity contribution is 0.101. The van der Waals surface area contributed by atoms with Gasteiger partial charge in [0.1, 0.15) is 5.75 Å². The molecule has 1 aromatic heterocycles. The van der Waals surface area contributed by atoms with Gasteiger partial charge in [0.15, 0.2) is 10.8 Å². The molecule has 0 spiro atoms. The third-order valence-corrected chi connectivity index (χ3v) is 4.34. The maximum atomic E-state index is 12.4. The molecule has 124 valence electrons. The highest BCUT2D eigenvalue weighted by molar-refractivity contribution is 7.92. The Hall–Kier alpha value is -2.35. The number of benzene rings is 1. The monoisotopic (exact) mass is 337 g/mol. The van der Waals surface area contributed by atoms with Gasteiger partial charge in [0.2, 0.25) is 0 Å². The smallest absolute Gasteiger partial charge is 0.280 e. The number of aromatic nitrogens is 2. The van der Waals surface area contributed by atoms with Gasteiger partial charge in [0.05, 0.1) is 12.0 Å². The van der Waals surface area contributed by atoms with Crippen molar-refractivity contribution in [2.45, 2.75) is 32.3 Å². The number of nitrogens with one attached hydrogen (secondary N) is 1. The summed E-state index contributed by atoms with van der Waals surface area (Å²) in [6.07, 6.45) is 2.90. The van der Waals surface area contributed by atoms with E-state index >= 15 is 0 Å². The number of phenols is 1. The molecule has 1 aromatic carbocycles. The first kappa shape index (κ1) is 17.0. The summed E-state index contributed by atoms with van der Waals surface area (Å²) < 4.78 is 28.8. The summed E-state index contributed by atoms with van der Waals surface area (Å²) in [4.78, 5) is 15.5. The van der Waals surface area contributed by atoms with E-state index < -0.39 is 10.0 Å². The highest BCUT2D eigenvalue weighted by atomic mass is 32.2. The van der Waals surface area contributed by atoms with Gasteiger partial charge in [0.25, 0.3) is 10.0 Å². The zero-order chi connectivity index (χ0) is 17.2. The van der Waals surface area contributed by atoms with Crippen LogP contribution in [0.1, 0.15) is 31.1 Å². The van der Waals surface area contributed by atoms with Gasteiger partial charge in [-0.1, -0.05) is 13.8 Å². The number of phenolic OH excluding ortho intramolecular Hbond substituents is 1. The van der Waals surface area contributed by atoms with Crippen LogP contribution in [0.2, 0.25) is 0 Å². The molecule has 0 aliphatic rings. The van der Waals surface area contributed by atoms with Gasteiger partial charge in [-0.3, -0.25) is 9.52 Å². The fourth-order valence-corrected chi connectivity index (χ4v) is 3.14. The normalized spacial score (nSPS) is 11.7. The lowest BCUT2D eigenvalue weighted by Crippen LogP contribution is -2.15. The van der Waals surface area contributed by atoms with Crippen molar-refractivity contribution in [1.82, 2.24) is 9.55 Å². The molecule has 2 N–H and O–H groups in total. The molecule has 2 aromatic rings. The predicted molar refractivity (Wildman–Crippen MR) is 86.0 cm³/mol. The van der Waals surface area contributed by atoms with Crippen LogP contribution in [0.25, 0.3) is 0 Å². The predicted octanol–water partition coefficient (Wildman–Crippen LogP) is 2.25. The van der Waals surface area contributed by atoms with Crippen LogP contribution in [-0.2, 0) is 16.6 Å². The molecule has 8 heteroatoms. The number of hydrogen-bond acceptors (Lipinski definition) is 5. The number of carbonyl (C=O) groups excluding carboxylic acids is 1. The Labute approximate surface area is 135 Å². The number of Topliss-reactive ketones (excluding diaryl/α,β-unsaturated/α-hetero) is 1. The molecule has 2 rings (SSSR count). The first-order valence-corrected chi connectivity index (χ1v) is 8.56. The summed E-state index contributed by atoms with van der Waals surface area (Å²) in [7, 11) is -3.91. The highest BCUT2D eigenvalue weighted by Crippen LogP contribution is 2.24. The van der Waals surface area contributed by atoms with Crippen molar-refractivity contribution < 1.29 is 18.3 Å². The van der Waals surface area contributed by atoms with Crippen molar-refractivity contribution in [3.05, 3.63) is 36.3 Å². The van der Waals surface area contributed by atoms with E-state index in [-0.39, 0.29) is 27.8 Å². The van der Waals surface area contributed by atoms with Crippen molar-refractivity contribution in [1.29, 1.82) is 0 Å². The van der Waals surface area contributed by atoms with Gasteiger partial charge in [-0.25, -0.2) is 4.98 Å². The van der Waals surface area contributed by atoms with Crippen LogP contribution >= 0.6 is 0 Å². The third-order valence-electron chi connectivity index (χ3n) is 3.09. The number of ketones is 1. The summed E-state index contributed by atoms with van der Waals surface area (Å²) in [6.45, 7) is 5.98. The minimum Gasteiger partial charge on any atom is -0.508 e. The van der Waals surface area contributed by atoms with Crippen LogP contribution in [-0.4, -0.2) is 28.9 Å². The SMILES string of the molecule is CC(=O)c1cc(O)ccc1NS(=O)(=O)c1cn(CC(C)C)cn1. The summed E-state index contributed by atoms with van der Waals surface area (Å²) in [6, 6.07) is 3.87. The quantitative estimate of drug-likeness (QED) is 0.622. The van der Waals surface area contributed by atoms with Crippen molar-refractivity contribution >= 4 is 21.5 Å². The van der Waals surface area contributed by atoms with Crippen LogP contribution in [0.5, 0.6) is 5.75 Å². The fraction of sp³-hybridized carbons (Fsp3) is 0.333. The number of aromatic hydroxyl groups is 1. The van der Waals surface area contributed by atoms with E-state index in [0.717, 1.165) is 0 Å². The van der Waals surface area contributed by atoms with E-state index in [0.29, 0.717) is 12.5 Å². The summed E-state index contributed by atoms with van der Waals surface area (Å²) in [5, 5.41) is 9.32. The van der Waals surface area contributed by atoms with Crippen molar-refractivity contribution in [3.8, 4) is 5.75 Å². The Morgan fingerprint density at radius 1 is 1.39 bits per heavy atom. The molecular formula is C15H19N3O4S. The molecule has 0 bridgehead atoms. The Kier molecular flexibility index (Phi) is 4.74. The average molecular weight is 337 g/mol. The lowest BCUT2D eigenvalue weighted by atomic mass is 10.1. The van der Waals surface area contributed by atoms with Crippen LogP contribution < -0.4 is 4.72 Å². The second kappa shape index (κ2) is 6.41. The number of anilines is 1.